The lowest BCUT2D eigenvalue weighted by molar-refractivity contribution is -0.140. The van der Waals surface area contributed by atoms with Gasteiger partial charge in [0.1, 0.15) is 17.9 Å². The summed E-state index contributed by atoms with van der Waals surface area (Å²) < 4.78 is 12.9. The molecule has 1 aromatic carbocycles. The molecule has 1 unspecified atom stereocenters. The molecule has 156 valence electrons. The maximum atomic E-state index is 12.9. The van der Waals surface area contributed by atoms with Crippen LogP contribution in [0, 0.1) is 11.7 Å². The summed E-state index contributed by atoms with van der Waals surface area (Å²) in [6, 6.07) is 5.16. The van der Waals surface area contributed by atoms with Gasteiger partial charge in [0.2, 0.25) is 11.8 Å². The summed E-state index contributed by atoms with van der Waals surface area (Å²) in [5.74, 6) is -1.51. The number of carbonyl (C=O) groups is 4. The summed E-state index contributed by atoms with van der Waals surface area (Å²) in [5.41, 5.74) is -0.214. The monoisotopic (exact) mass is 404 g/mol. The molecule has 0 spiro atoms. The van der Waals surface area contributed by atoms with E-state index in [4.69, 9.17) is 0 Å². The van der Waals surface area contributed by atoms with Gasteiger partial charge in [-0.15, -0.1) is 0 Å². The highest BCUT2D eigenvalue weighted by atomic mass is 19.1. The zero-order valence-electron chi connectivity index (χ0n) is 16.5. The molecule has 1 aromatic rings. The number of rotatable bonds is 8. The molecule has 0 radical (unpaired) electrons. The second kappa shape index (κ2) is 8.18. The molecular weight excluding hydrogens is 379 g/mol. The smallest absolute Gasteiger partial charge is 0.325 e. The molecule has 1 heterocycles. The predicted molar refractivity (Wildman–Crippen MR) is 102 cm³/mol. The second-order valence-electron chi connectivity index (χ2n) is 7.61. The van der Waals surface area contributed by atoms with Gasteiger partial charge in [0.25, 0.3) is 5.91 Å². The second-order valence-corrected chi connectivity index (χ2v) is 7.61. The molecule has 3 rings (SSSR count). The number of nitrogens with zero attached hydrogens (tertiary/aromatic N) is 2. The van der Waals surface area contributed by atoms with Gasteiger partial charge >= 0.3 is 6.03 Å². The molecule has 29 heavy (non-hydrogen) atoms. The van der Waals surface area contributed by atoms with Crippen molar-refractivity contribution < 1.29 is 23.6 Å². The standard InChI is InChI=1S/C20H25FN4O4/c1-3-24(11-16(26)22-10-13-4-8-15(21)9-5-13)17(27)12-25-18(28)20(2,14-6-7-14)23-19(25)29/h4-5,8-9,14H,3,6-7,10-12H2,1-2H3,(H,22,26)(H,23,29). The van der Waals surface area contributed by atoms with Crippen LogP contribution in [0.4, 0.5) is 9.18 Å². The number of halogens is 1. The average Bonchev–Trinajstić information content (AvgIpc) is 3.51. The van der Waals surface area contributed by atoms with Crippen LogP contribution in [-0.4, -0.2) is 58.7 Å². The van der Waals surface area contributed by atoms with Crippen molar-refractivity contribution in [1.82, 2.24) is 20.4 Å². The van der Waals surface area contributed by atoms with Crippen LogP contribution < -0.4 is 10.6 Å². The van der Waals surface area contributed by atoms with Gasteiger partial charge in [-0.1, -0.05) is 12.1 Å². The number of amides is 5. The predicted octanol–water partition coefficient (Wildman–Crippen LogP) is 1.01. The quantitative estimate of drug-likeness (QED) is 0.632. The van der Waals surface area contributed by atoms with Crippen LogP contribution in [0.2, 0.25) is 0 Å². The van der Waals surface area contributed by atoms with Crippen LogP contribution in [0.25, 0.3) is 0 Å². The molecule has 5 amide bonds. The van der Waals surface area contributed by atoms with Gasteiger partial charge in [-0.3, -0.25) is 19.3 Å². The maximum absolute atomic E-state index is 12.9. The van der Waals surface area contributed by atoms with Gasteiger partial charge in [-0.05, 0) is 50.3 Å². The van der Waals surface area contributed by atoms with Gasteiger partial charge in [0.15, 0.2) is 0 Å². The van der Waals surface area contributed by atoms with Crippen LogP contribution in [0.1, 0.15) is 32.3 Å². The largest absolute Gasteiger partial charge is 0.350 e. The van der Waals surface area contributed by atoms with Crippen LogP contribution in [0.3, 0.4) is 0 Å². The summed E-state index contributed by atoms with van der Waals surface area (Å²) in [6.45, 7) is 3.28. The Morgan fingerprint density at radius 2 is 1.93 bits per heavy atom. The first-order valence-corrected chi connectivity index (χ1v) is 9.67. The van der Waals surface area contributed by atoms with Crippen molar-refractivity contribution in [2.75, 3.05) is 19.6 Å². The van der Waals surface area contributed by atoms with Crippen LogP contribution in [-0.2, 0) is 20.9 Å². The minimum absolute atomic E-state index is 0.110. The minimum atomic E-state index is -0.944. The van der Waals surface area contributed by atoms with E-state index in [2.05, 4.69) is 10.6 Å². The molecule has 1 aliphatic carbocycles. The molecule has 0 bridgehead atoms. The van der Waals surface area contributed by atoms with Gasteiger partial charge in [-0.2, -0.15) is 0 Å². The molecule has 2 fully saturated rings. The van der Waals surface area contributed by atoms with Crippen molar-refractivity contribution in [2.24, 2.45) is 5.92 Å². The van der Waals surface area contributed by atoms with Crippen LogP contribution in [0.15, 0.2) is 24.3 Å². The topological polar surface area (TPSA) is 98.8 Å². The van der Waals surface area contributed by atoms with Gasteiger partial charge in [-0.25, -0.2) is 9.18 Å². The highest BCUT2D eigenvalue weighted by molar-refractivity contribution is 6.09. The highest BCUT2D eigenvalue weighted by Gasteiger charge is 2.56. The summed E-state index contributed by atoms with van der Waals surface area (Å²) >= 11 is 0. The average molecular weight is 404 g/mol. The Kier molecular flexibility index (Phi) is 5.86. The normalized spacial score (nSPS) is 21.1. The number of carbonyl (C=O) groups excluding carboxylic acids is 4. The third kappa shape index (κ3) is 4.55. The van der Waals surface area contributed by atoms with Crippen LogP contribution >= 0.6 is 0 Å². The maximum Gasteiger partial charge on any atom is 0.325 e. The van der Waals surface area contributed by atoms with E-state index < -0.39 is 29.9 Å². The molecule has 0 aromatic heterocycles. The number of benzene rings is 1. The Labute approximate surface area is 168 Å². The third-order valence-corrected chi connectivity index (χ3v) is 5.46. The lowest BCUT2D eigenvalue weighted by atomic mass is 9.96. The fraction of sp³-hybridized carbons (Fsp3) is 0.500. The van der Waals surface area contributed by atoms with Crippen molar-refractivity contribution in [2.45, 2.75) is 38.8 Å². The number of imide groups is 1. The first-order valence-electron chi connectivity index (χ1n) is 9.67. The fourth-order valence-corrected chi connectivity index (χ4v) is 3.44. The van der Waals surface area contributed by atoms with Crippen molar-refractivity contribution >= 4 is 23.8 Å². The summed E-state index contributed by atoms with van der Waals surface area (Å²) in [5, 5.41) is 5.37. The SMILES string of the molecule is CCN(CC(=O)NCc1ccc(F)cc1)C(=O)CN1C(=O)NC(C)(C2CC2)C1=O. The lowest BCUT2D eigenvalue weighted by Crippen LogP contribution is -2.48. The Morgan fingerprint density at radius 1 is 1.28 bits per heavy atom. The van der Waals surface area contributed by atoms with Crippen molar-refractivity contribution in [3.8, 4) is 0 Å². The van der Waals surface area contributed by atoms with E-state index >= 15 is 0 Å². The summed E-state index contributed by atoms with van der Waals surface area (Å²) in [4.78, 5) is 51.8. The Bertz CT molecular complexity index is 824. The molecule has 1 saturated carbocycles. The first kappa shape index (κ1) is 20.8. The van der Waals surface area contributed by atoms with E-state index in [1.54, 1.807) is 26.0 Å². The first-order chi connectivity index (χ1) is 13.7. The van der Waals surface area contributed by atoms with Crippen LogP contribution in [0.5, 0.6) is 0 Å². The van der Waals surface area contributed by atoms with Gasteiger partial charge < -0.3 is 15.5 Å². The molecule has 2 N–H and O–H groups in total. The summed E-state index contributed by atoms with van der Waals surface area (Å²) in [6.07, 6.45) is 1.75. The number of likely N-dealkylation sites (N-methyl/N-ethyl adjacent to an activating group) is 1. The van der Waals surface area contributed by atoms with Crippen molar-refractivity contribution in [3.63, 3.8) is 0 Å². The highest BCUT2D eigenvalue weighted by Crippen LogP contribution is 2.42. The number of hydrogen-bond acceptors (Lipinski definition) is 4. The Morgan fingerprint density at radius 3 is 2.52 bits per heavy atom. The van der Waals surface area contributed by atoms with E-state index in [0.29, 0.717) is 0 Å². The Hall–Kier alpha value is -2.97. The molecule has 1 saturated heterocycles. The van der Waals surface area contributed by atoms with E-state index in [9.17, 15) is 23.6 Å². The zero-order chi connectivity index (χ0) is 21.2. The molecule has 1 aliphatic heterocycles. The zero-order valence-corrected chi connectivity index (χ0v) is 16.5. The third-order valence-electron chi connectivity index (χ3n) is 5.46. The number of urea groups is 1. The molecule has 2 aliphatic rings. The van der Waals surface area contributed by atoms with E-state index in [0.717, 1.165) is 23.3 Å². The van der Waals surface area contributed by atoms with E-state index in [1.165, 1.54) is 17.0 Å². The van der Waals surface area contributed by atoms with E-state index in [-0.39, 0.29) is 37.3 Å². The minimum Gasteiger partial charge on any atom is -0.350 e. The lowest BCUT2D eigenvalue weighted by Gasteiger charge is -2.24. The van der Waals surface area contributed by atoms with E-state index in [1.807, 2.05) is 0 Å². The molecular formula is C20H25FN4O4. The molecule has 9 heteroatoms. The summed E-state index contributed by atoms with van der Waals surface area (Å²) in [7, 11) is 0. The Balaban J connectivity index is 1.53. The molecule has 1 atom stereocenters. The number of hydrogen-bond donors (Lipinski definition) is 2. The van der Waals surface area contributed by atoms with Crippen molar-refractivity contribution in [1.29, 1.82) is 0 Å². The fourth-order valence-electron chi connectivity index (χ4n) is 3.44. The van der Waals surface area contributed by atoms with Crippen molar-refractivity contribution in [3.05, 3.63) is 35.6 Å². The number of nitrogens with one attached hydrogen (secondary N) is 2. The van der Waals surface area contributed by atoms with Gasteiger partial charge in [0.05, 0.1) is 6.54 Å². The van der Waals surface area contributed by atoms with Gasteiger partial charge in [0, 0.05) is 13.1 Å². The molecule has 8 nitrogen and oxygen atoms in total.